The first kappa shape index (κ1) is 14.6. The van der Waals surface area contributed by atoms with Gasteiger partial charge in [0.25, 0.3) is 0 Å². The van der Waals surface area contributed by atoms with E-state index in [1.807, 2.05) is 33.0 Å². The molecule has 0 radical (unpaired) electrons. The van der Waals surface area contributed by atoms with Crippen LogP contribution in [0.25, 0.3) is 0 Å². The van der Waals surface area contributed by atoms with Crippen molar-refractivity contribution in [3.05, 3.63) is 64.7 Å². The van der Waals surface area contributed by atoms with Crippen LogP contribution in [-0.4, -0.2) is 7.05 Å². The second-order valence-electron chi connectivity index (χ2n) is 3.75. The van der Waals surface area contributed by atoms with E-state index in [2.05, 4.69) is 41.7 Å². The molecule has 18 heavy (non-hydrogen) atoms. The first-order chi connectivity index (χ1) is 8.78. The molecule has 0 aliphatic rings. The van der Waals surface area contributed by atoms with Crippen molar-refractivity contribution in [3.8, 4) is 0 Å². The molecular formula is C16H20ClN. The summed E-state index contributed by atoms with van der Waals surface area (Å²) in [6.45, 7) is 4.00. The van der Waals surface area contributed by atoms with Gasteiger partial charge < -0.3 is 5.32 Å². The van der Waals surface area contributed by atoms with Gasteiger partial charge in [-0.25, -0.2) is 0 Å². The van der Waals surface area contributed by atoms with Crippen molar-refractivity contribution in [1.82, 2.24) is 0 Å². The number of benzene rings is 2. The predicted octanol–water partition coefficient (Wildman–Crippen LogP) is 5.00. The van der Waals surface area contributed by atoms with Gasteiger partial charge in [-0.15, -0.1) is 0 Å². The molecular weight excluding hydrogens is 242 g/mol. The first-order valence-electron chi connectivity index (χ1n) is 6.29. The van der Waals surface area contributed by atoms with Gasteiger partial charge in [0, 0.05) is 17.8 Å². The van der Waals surface area contributed by atoms with E-state index in [0.29, 0.717) is 0 Å². The molecule has 0 unspecified atom stereocenters. The average Bonchev–Trinajstić information content (AvgIpc) is 2.44. The second-order valence-corrected chi connectivity index (χ2v) is 4.19. The molecule has 0 aromatic heterocycles. The summed E-state index contributed by atoms with van der Waals surface area (Å²) in [5, 5.41) is 3.89. The highest BCUT2D eigenvalue weighted by Crippen LogP contribution is 2.15. The fourth-order valence-electron chi connectivity index (χ4n) is 1.63. The van der Waals surface area contributed by atoms with Gasteiger partial charge in [-0.2, -0.15) is 0 Å². The van der Waals surface area contributed by atoms with Crippen LogP contribution in [0.15, 0.2) is 48.5 Å². The number of hydrogen-bond donors (Lipinski definition) is 1. The van der Waals surface area contributed by atoms with E-state index in [1.54, 1.807) is 0 Å². The van der Waals surface area contributed by atoms with Crippen LogP contribution < -0.4 is 5.32 Å². The topological polar surface area (TPSA) is 12.0 Å². The minimum atomic E-state index is 0.786. The zero-order chi connectivity index (χ0) is 13.4. The van der Waals surface area contributed by atoms with E-state index in [4.69, 9.17) is 11.6 Å². The molecule has 0 saturated carbocycles. The third-order valence-corrected chi connectivity index (χ3v) is 2.82. The molecule has 0 spiro atoms. The molecule has 2 aromatic rings. The van der Waals surface area contributed by atoms with Crippen LogP contribution in [-0.2, 0) is 6.42 Å². The number of nitrogens with one attached hydrogen (secondary N) is 1. The molecule has 0 bridgehead atoms. The molecule has 2 aromatic carbocycles. The highest BCUT2D eigenvalue weighted by molar-refractivity contribution is 6.30. The van der Waals surface area contributed by atoms with Crippen LogP contribution in [0, 0.1) is 0 Å². The molecule has 2 heteroatoms. The van der Waals surface area contributed by atoms with Gasteiger partial charge in [0.1, 0.15) is 0 Å². The van der Waals surface area contributed by atoms with Gasteiger partial charge in [0.15, 0.2) is 0 Å². The van der Waals surface area contributed by atoms with Crippen LogP contribution in [0.4, 0.5) is 5.69 Å². The lowest BCUT2D eigenvalue weighted by Gasteiger charge is -2.04. The number of anilines is 1. The van der Waals surface area contributed by atoms with E-state index in [1.165, 1.54) is 11.1 Å². The lowest BCUT2D eigenvalue weighted by atomic mass is 10.0. The van der Waals surface area contributed by atoms with Crippen molar-refractivity contribution in [1.29, 1.82) is 0 Å². The van der Waals surface area contributed by atoms with Gasteiger partial charge in [-0.05, 0) is 41.8 Å². The number of hydrogen-bond acceptors (Lipinski definition) is 1. The smallest absolute Gasteiger partial charge is 0.0406 e. The lowest BCUT2D eigenvalue weighted by Crippen LogP contribution is -1.90. The van der Waals surface area contributed by atoms with Gasteiger partial charge in [0.05, 0.1) is 0 Å². The molecule has 0 amide bonds. The molecule has 1 N–H and O–H groups in total. The van der Waals surface area contributed by atoms with Crippen molar-refractivity contribution in [2.24, 2.45) is 0 Å². The van der Waals surface area contributed by atoms with Crippen molar-refractivity contribution in [3.63, 3.8) is 0 Å². The Bertz CT molecular complexity index is 446. The summed E-state index contributed by atoms with van der Waals surface area (Å²) >= 11 is 5.85. The van der Waals surface area contributed by atoms with Crippen LogP contribution >= 0.6 is 11.6 Å². The summed E-state index contributed by atoms with van der Waals surface area (Å²) in [6, 6.07) is 16.4. The average molecular weight is 262 g/mol. The van der Waals surface area contributed by atoms with Gasteiger partial charge in [-0.1, -0.05) is 49.7 Å². The molecule has 0 saturated heterocycles. The SMILES string of the molecule is CC.CNc1ccc(Cc2ccc(Cl)cc2)cc1. The Morgan fingerprint density at radius 1 is 0.833 bits per heavy atom. The normalized spacial score (nSPS) is 9.33. The Morgan fingerprint density at radius 2 is 1.28 bits per heavy atom. The summed E-state index contributed by atoms with van der Waals surface area (Å²) < 4.78 is 0. The summed E-state index contributed by atoms with van der Waals surface area (Å²) in [7, 11) is 1.92. The standard InChI is InChI=1S/C14H14ClN.C2H6/c1-16-14-8-4-12(5-9-14)10-11-2-6-13(15)7-3-11;1-2/h2-9,16H,10H2,1H3;1-2H3. The fourth-order valence-corrected chi connectivity index (χ4v) is 1.75. The predicted molar refractivity (Wildman–Crippen MR) is 81.6 cm³/mol. The van der Waals surface area contributed by atoms with E-state index in [-0.39, 0.29) is 0 Å². The quantitative estimate of drug-likeness (QED) is 0.820. The van der Waals surface area contributed by atoms with E-state index in [0.717, 1.165) is 17.1 Å². The zero-order valence-electron chi connectivity index (χ0n) is 11.2. The van der Waals surface area contributed by atoms with Crippen LogP contribution in [0.3, 0.4) is 0 Å². The summed E-state index contributed by atoms with van der Waals surface area (Å²) in [5.41, 5.74) is 3.72. The van der Waals surface area contributed by atoms with Crippen LogP contribution in [0.1, 0.15) is 25.0 Å². The monoisotopic (exact) mass is 261 g/mol. The Balaban J connectivity index is 0.000000771. The molecule has 0 aliphatic heterocycles. The second kappa shape index (κ2) is 7.78. The van der Waals surface area contributed by atoms with E-state index in [9.17, 15) is 0 Å². The van der Waals surface area contributed by atoms with Crippen molar-refractivity contribution in [2.45, 2.75) is 20.3 Å². The number of halogens is 1. The van der Waals surface area contributed by atoms with Crippen molar-refractivity contribution >= 4 is 17.3 Å². The van der Waals surface area contributed by atoms with E-state index >= 15 is 0 Å². The molecule has 0 aliphatic carbocycles. The largest absolute Gasteiger partial charge is 0.388 e. The maximum absolute atomic E-state index is 5.85. The Labute approximate surface area is 115 Å². The fraction of sp³-hybridized carbons (Fsp3) is 0.250. The van der Waals surface area contributed by atoms with Crippen LogP contribution in [0.2, 0.25) is 5.02 Å². The summed E-state index contributed by atoms with van der Waals surface area (Å²) in [5.74, 6) is 0. The van der Waals surface area contributed by atoms with E-state index < -0.39 is 0 Å². The summed E-state index contributed by atoms with van der Waals surface area (Å²) in [6.07, 6.45) is 0.946. The maximum atomic E-state index is 5.85. The lowest BCUT2D eigenvalue weighted by molar-refractivity contribution is 1.19. The van der Waals surface area contributed by atoms with Crippen molar-refractivity contribution in [2.75, 3.05) is 12.4 Å². The maximum Gasteiger partial charge on any atom is 0.0406 e. The van der Waals surface area contributed by atoms with Gasteiger partial charge in [0.2, 0.25) is 0 Å². The first-order valence-corrected chi connectivity index (χ1v) is 6.67. The minimum Gasteiger partial charge on any atom is -0.388 e. The van der Waals surface area contributed by atoms with Crippen LogP contribution in [0.5, 0.6) is 0 Å². The molecule has 0 atom stereocenters. The Morgan fingerprint density at radius 3 is 1.72 bits per heavy atom. The zero-order valence-corrected chi connectivity index (χ0v) is 12.0. The highest BCUT2D eigenvalue weighted by Gasteiger charge is 1.96. The van der Waals surface area contributed by atoms with Gasteiger partial charge >= 0.3 is 0 Å². The molecule has 96 valence electrons. The van der Waals surface area contributed by atoms with Crippen molar-refractivity contribution < 1.29 is 0 Å². The highest BCUT2D eigenvalue weighted by atomic mass is 35.5. The molecule has 0 fully saturated rings. The molecule has 2 rings (SSSR count). The Hall–Kier alpha value is -1.47. The third kappa shape index (κ3) is 4.42. The third-order valence-electron chi connectivity index (χ3n) is 2.56. The van der Waals surface area contributed by atoms with Gasteiger partial charge in [-0.3, -0.25) is 0 Å². The number of rotatable bonds is 3. The Kier molecular flexibility index (Phi) is 6.31. The minimum absolute atomic E-state index is 0.786. The summed E-state index contributed by atoms with van der Waals surface area (Å²) in [4.78, 5) is 0. The molecule has 0 heterocycles. The molecule has 1 nitrogen and oxygen atoms in total.